The number of hydrogen-bond donors (Lipinski definition) is 0. The van der Waals surface area contributed by atoms with E-state index in [1.807, 2.05) is 43.0 Å². The van der Waals surface area contributed by atoms with Gasteiger partial charge in [0.1, 0.15) is 5.82 Å². The standard InChI is InChI=1S/C27H36N4O3S/c1-5-17-30-25-13-12-21(35(33,34)29(6-2)7-3)19-23(25)28-26(30)14-15-27(32)31-18-16-20(4)22-10-8-9-11-24(22)31/h8-13,19-20H,5-7,14-18H2,1-4H3. The van der Waals surface area contributed by atoms with E-state index < -0.39 is 10.0 Å². The highest BCUT2D eigenvalue weighted by molar-refractivity contribution is 7.89. The third kappa shape index (κ3) is 4.86. The Bertz CT molecular complexity index is 1310. The molecule has 1 aliphatic heterocycles. The molecular formula is C27H36N4O3S. The number of para-hydroxylation sites is 1. The number of aryl methyl sites for hydroxylation is 2. The monoisotopic (exact) mass is 496 g/mol. The van der Waals surface area contributed by atoms with Crippen LogP contribution in [0.4, 0.5) is 5.69 Å². The highest BCUT2D eigenvalue weighted by Gasteiger charge is 2.27. The molecule has 1 unspecified atom stereocenters. The molecule has 1 atom stereocenters. The van der Waals surface area contributed by atoms with Gasteiger partial charge in [0.25, 0.3) is 0 Å². The summed E-state index contributed by atoms with van der Waals surface area (Å²) in [6.45, 7) is 10.3. The molecule has 3 aromatic rings. The van der Waals surface area contributed by atoms with Crippen molar-refractivity contribution in [1.82, 2.24) is 13.9 Å². The van der Waals surface area contributed by atoms with Crippen LogP contribution in [0.1, 0.15) is 64.3 Å². The third-order valence-electron chi connectivity index (χ3n) is 7.00. The second-order valence-electron chi connectivity index (χ2n) is 9.21. The lowest BCUT2D eigenvalue weighted by molar-refractivity contribution is -0.118. The van der Waals surface area contributed by atoms with E-state index in [2.05, 4.69) is 24.5 Å². The number of amides is 1. The number of hydrogen-bond acceptors (Lipinski definition) is 4. The van der Waals surface area contributed by atoms with Crippen LogP contribution >= 0.6 is 0 Å². The molecular weight excluding hydrogens is 460 g/mol. The first-order valence-electron chi connectivity index (χ1n) is 12.7. The molecule has 35 heavy (non-hydrogen) atoms. The number of carbonyl (C=O) groups is 1. The number of aromatic nitrogens is 2. The van der Waals surface area contributed by atoms with Crippen LogP contribution in [0.3, 0.4) is 0 Å². The van der Waals surface area contributed by atoms with Crippen LogP contribution in [0.25, 0.3) is 11.0 Å². The summed E-state index contributed by atoms with van der Waals surface area (Å²) in [6, 6.07) is 13.4. The molecule has 0 spiro atoms. The van der Waals surface area contributed by atoms with Gasteiger partial charge in [0.2, 0.25) is 15.9 Å². The summed E-state index contributed by atoms with van der Waals surface area (Å²) in [6.07, 6.45) is 2.75. The molecule has 2 heterocycles. The maximum atomic E-state index is 13.3. The average molecular weight is 497 g/mol. The van der Waals surface area contributed by atoms with Crippen molar-refractivity contribution < 1.29 is 13.2 Å². The lowest BCUT2D eigenvalue weighted by Gasteiger charge is -2.33. The Balaban J connectivity index is 1.60. The lowest BCUT2D eigenvalue weighted by atomic mass is 9.91. The number of anilines is 1. The highest BCUT2D eigenvalue weighted by Crippen LogP contribution is 2.35. The fourth-order valence-corrected chi connectivity index (χ4v) is 6.54. The molecule has 1 amide bonds. The fourth-order valence-electron chi connectivity index (χ4n) is 5.06. The summed E-state index contributed by atoms with van der Waals surface area (Å²) in [7, 11) is -3.56. The number of rotatable bonds is 9. The van der Waals surface area contributed by atoms with Gasteiger partial charge >= 0.3 is 0 Å². The van der Waals surface area contributed by atoms with Crippen molar-refractivity contribution in [1.29, 1.82) is 0 Å². The molecule has 0 N–H and O–H groups in total. The Morgan fingerprint density at radius 2 is 1.86 bits per heavy atom. The second-order valence-corrected chi connectivity index (χ2v) is 11.2. The average Bonchev–Trinajstić information content (AvgIpc) is 3.20. The van der Waals surface area contributed by atoms with Gasteiger partial charge in [0.15, 0.2) is 0 Å². The van der Waals surface area contributed by atoms with Gasteiger partial charge in [-0.15, -0.1) is 0 Å². The van der Waals surface area contributed by atoms with Gasteiger partial charge in [0.05, 0.1) is 15.9 Å². The molecule has 0 saturated carbocycles. The van der Waals surface area contributed by atoms with Gasteiger partial charge in [-0.2, -0.15) is 4.31 Å². The number of sulfonamides is 1. The van der Waals surface area contributed by atoms with Crippen LogP contribution in [-0.2, 0) is 27.8 Å². The number of benzene rings is 2. The molecule has 188 valence electrons. The molecule has 2 aromatic carbocycles. The highest BCUT2D eigenvalue weighted by atomic mass is 32.2. The quantitative estimate of drug-likeness (QED) is 0.420. The molecule has 0 radical (unpaired) electrons. The van der Waals surface area contributed by atoms with Gasteiger partial charge in [-0.25, -0.2) is 13.4 Å². The maximum Gasteiger partial charge on any atom is 0.243 e. The fraction of sp³-hybridized carbons (Fsp3) is 0.481. The second kappa shape index (κ2) is 10.5. The number of fused-ring (bicyclic) bond motifs is 2. The summed E-state index contributed by atoms with van der Waals surface area (Å²) < 4.78 is 29.6. The van der Waals surface area contributed by atoms with Crippen LogP contribution in [0.15, 0.2) is 47.4 Å². The maximum absolute atomic E-state index is 13.3. The normalized spacial score (nSPS) is 16.1. The number of nitrogens with zero attached hydrogens (tertiary/aromatic N) is 4. The molecule has 0 aliphatic carbocycles. The van der Waals surface area contributed by atoms with Crippen molar-refractivity contribution in [3.8, 4) is 0 Å². The van der Waals surface area contributed by atoms with Crippen LogP contribution in [-0.4, -0.2) is 47.8 Å². The predicted molar refractivity (Wildman–Crippen MR) is 140 cm³/mol. The van der Waals surface area contributed by atoms with Crippen LogP contribution < -0.4 is 4.90 Å². The predicted octanol–water partition coefficient (Wildman–Crippen LogP) is 4.95. The minimum absolute atomic E-state index is 0.101. The van der Waals surface area contributed by atoms with E-state index in [9.17, 15) is 13.2 Å². The molecule has 0 fully saturated rings. The summed E-state index contributed by atoms with van der Waals surface area (Å²) in [5.41, 5.74) is 3.81. The number of carbonyl (C=O) groups excluding carboxylic acids is 1. The van der Waals surface area contributed by atoms with Crippen molar-refractivity contribution in [3.05, 3.63) is 53.9 Å². The lowest BCUT2D eigenvalue weighted by Crippen LogP contribution is -2.36. The summed E-state index contributed by atoms with van der Waals surface area (Å²) >= 11 is 0. The molecule has 1 aromatic heterocycles. The number of imidazole rings is 1. The van der Waals surface area contributed by atoms with E-state index in [1.165, 1.54) is 9.87 Å². The van der Waals surface area contributed by atoms with E-state index in [0.29, 0.717) is 37.4 Å². The Hall–Kier alpha value is -2.71. The van der Waals surface area contributed by atoms with Crippen LogP contribution in [0.2, 0.25) is 0 Å². The Morgan fingerprint density at radius 1 is 1.11 bits per heavy atom. The van der Waals surface area contributed by atoms with E-state index in [0.717, 1.165) is 43.0 Å². The molecule has 7 nitrogen and oxygen atoms in total. The molecule has 0 saturated heterocycles. The SMILES string of the molecule is CCCn1c(CCC(=O)N2CCC(C)c3ccccc32)nc2cc(S(=O)(=O)N(CC)CC)ccc21. The first kappa shape index (κ1) is 25.4. The van der Waals surface area contributed by atoms with E-state index in [-0.39, 0.29) is 10.8 Å². The topological polar surface area (TPSA) is 75.5 Å². The zero-order valence-electron chi connectivity index (χ0n) is 21.2. The Kier molecular flexibility index (Phi) is 7.62. The molecule has 0 bridgehead atoms. The van der Waals surface area contributed by atoms with Crippen molar-refractivity contribution in [3.63, 3.8) is 0 Å². The van der Waals surface area contributed by atoms with Crippen molar-refractivity contribution >= 4 is 32.7 Å². The van der Waals surface area contributed by atoms with Gasteiger partial charge in [-0.05, 0) is 48.6 Å². The summed E-state index contributed by atoms with van der Waals surface area (Å²) in [4.78, 5) is 20.2. The molecule has 4 rings (SSSR count). The van der Waals surface area contributed by atoms with E-state index >= 15 is 0 Å². The Labute approximate surface area is 208 Å². The van der Waals surface area contributed by atoms with E-state index in [1.54, 1.807) is 12.1 Å². The van der Waals surface area contributed by atoms with Gasteiger partial charge < -0.3 is 9.47 Å². The summed E-state index contributed by atoms with van der Waals surface area (Å²) in [5, 5.41) is 0. The largest absolute Gasteiger partial charge is 0.328 e. The Morgan fingerprint density at radius 3 is 2.57 bits per heavy atom. The first-order valence-corrected chi connectivity index (χ1v) is 14.1. The summed E-state index contributed by atoms with van der Waals surface area (Å²) in [5.74, 6) is 1.38. The van der Waals surface area contributed by atoms with Crippen LogP contribution in [0.5, 0.6) is 0 Å². The molecule has 1 aliphatic rings. The zero-order valence-corrected chi connectivity index (χ0v) is 22.0. The minimum Gasteiger partial charge on any atom is -0.328 e. The van der Waals surface area contributed by atoms with Gasteiger partial charge in [-0.3, -0.25) is 4.79 Å². The van der Waals surface area contributed by atoms with Gasteiger partial charge in [-0.1, -0.05) is 45.9 Å². The first-order chi connectivity index (χ1) is 16.8. The van der Waals surface area contributed by atoms with Crippen molar-refractivity contribution in [2.45, 2.75) is 70.7 Å². The van der Waals surface area contributed by atoms with Gasteiger partial charge in [0, 0.05) is 44.7 Å². The van der Waals surface area contributed by atoms with Crippen molar-refractivity contribution in [2.75, 3.05) is 24.5 Å². The third-order valence-corrected chi connectivity index (χ3v) is 9.04. The molecule has 8 heteroatoms. The van der Waals surface area contributed by atoms with Crippen molar-refractivity contribution in [2.24, 2.45) is 0 Å². The van der Waals surface area contributed by atoms with E-state index in [4.69, 9.17) is 4.98 Å². The minimum atomic E-state index is -3.56. The van der Waals surface area contributed by atoms with Crippen LogP contribution in [0, 0.1) is 0 Å². The smallest absolute Gasteiger partial charge is 0.243 e. The zero-order chi connectivity index (χ0) is 25.2.